The predicted molar refractivity (Wildman–Crippen MR) is 99.8 cm³/mol. The third-order valence-corrected chi connectivity index (χ3v) is 5.78. The number of piperazine rings is 1. The van der Waals surface area contributed by atoms with E-state index in [1.54, 1.807) is 7.05 Å². The molecule has 3 rings (SSSR count). The van der Waals surface area contributed by atoms with Crippen LogP contribution in [0.1, 0.15) is 32.6 Å². The number of nitrogens with one attached hydrogen (secondary N) is 1. The molecule has 1 atom stereocenters. The van der Waals surface area contributed by atoms with Gasteiger partial charge in [0.05, 0.1) is 0 Å². The van der Waals surface area contributed by atoms with Crippen LogP contribution in [0.2, 0.25) is 0 Å². The lowest BCUT2D eigenvalue weighted by molar-refractivity contribution is -0.181. The highest BCUT2D eigenvalue weighted by Gasteiger charge is 2.53. The summed E-state index contributed by atoms with van der Waals surface area (Å²) in [6.07, 6.45) is 1.17. The molecule has 0 bridgehead atoms. The Morgan fingerprint density at radius 2 is 1.79 bits per heavy atom. The first-order valence-electron chi connectivity index (χ1n) is 8.62. The van der Waals surface area contributed by atoms with Gasteiger partial charge < -0.3 is 10.2 Å². The summed E-state index contributed by atoms with van der Waals surface area (Å²) in [4.78, 5) is 7.93. The molecule has 2 aliphatic carbocycles. The van der Waals surface area contributed by atoms with E-state index in [9.17, 15) is 13.2 Å². The van der Waals surface area contributed by atoms with Crippen molar-refractivity contribution in [1.29, 1.82) is 0 Å². The zero-order valence-corrected chi connectivity index (χ0v) is 16.7. The van der Waals surface area contributed by atoms with Gasteiger partial charge in [0.2, 0.25) is 0 Å². The van der Waals surface area contributed by atoms with Crippen LogP contribution in [0.4, 0.5) is 13.2 Å². The van der Waals surface area contributed by atoms with E-state index in [-0.39, 0.29) is 24.0 Å². The Morgan fingerprint density at radius 1 is 1.21 bits per heavy atom. The van der Waals surface area contributed by atoms with Crippen LogP contribution in [0, 0.1) is 11.3 Å². The Labute approximate surface area is 159 Å². The first kappa shape index (κ1) is 20.1. The van der Waals surface area contributed by atoms with E-state index in [2.05, 4.69) is 15.2 Å². The van der Waals surface area contributed by atoms with Crippen LogP contribution in [0.25, 0.3) is 0 Å². The van der Waals surface area contributed by atoms with Crippen LogP contribution in [0.15, 0.2) is 4.99 Å². The molecule has 3 aliphatic rings. The van der Waals surface area contributed by atoms with Gasteiger partial charge in [0.15, 0.2) is 5.96 Å². The summed E-state index contributed by atoms with van der Waals surface area (Å²) in [5.41, 5.74) is 0.489. The van der Waals surface area contributed by atoms with E-state index in [1.165, 1.54) is 37.5 Å². The van der Waals surface area contributed by atoms with Crippen molar-refractivity contribution in [3.8, 4) is 0 Å². The zero-order valence-electron chi connectivity index (χ0n) is 14.4. The van der Waals surface area contributed by atoms with Crippen molar-refractivity contribution in [2.24, 2.45) is 16.3 Å². The quantitative estimate of drug-likeness (QED) is 0.398. The third-order valence-electron chi connectivity index (χ3n) is 5.78. The smallest absolute Gasteiger partial charge is 0.356 e. The fraction of sp³-hybridized carbons (Fsp3) is 0.938. The molecule has 140 valence electrons. The molecule has 4 nitrogen and oxygen atoms in total. The number of rotatable bonds is 4. The number of hydrogen-bond acceptors (Lipinski definition) is 2. The van der Waals surface area contributed by atoms with Gasteiger partial charge in [0.25, 0.3) is 0 Å². The van der Waals surface area contributed by atoms with E-state index in [0.717, 1.165) is 18.4 Å². The maximum atomic E-state index is 12.8. The van der Waals surface area contributed by atoms with Crippen molar-refractivity contribution in [3.63, 3.8) is 0 Å². The molecule has 1 aliphatic heterocycles. The fourth-order valence-electron chi connectivity index (χ4n) is 3.70. The highest BCUT2D eigenvalue weighted by atomic mass is 127. The average Bonchev–Trinajstić information content (AvgIpc) is 3.39. The van der Waals surface area contributed by atoms with E-state index in [1.807, 2.05) is 0 Å². The molecular weight excluding hydrogens is 432 g/mol. The Kier molecular flexibility index (Phi) is 6.31. The van der Waals surface area contributed by atoms with Gasteiger partial charge in [-0.1, -0.05) is 0 Å². The monoisotopic (exact) mass is 460 g/mol. The number of halogens is 4. The first-order valence-corrected chi connectivity index (χ1v) is 8.62. The summed E-state index contributed by atoms with van der Waals surface area (Å²) < 4.78 is 38.4. The minimum atomic E-state index is -4.15. The normalized spacial score (nSPS) is 25.9. The van der Waals surface area contributed by atoms with Gasteiger partial charge in [-0.2, -0.15) is 13.2 Å². The van der Waals surface area contributed by atoms with Crippen LogP contribution >= 0.6 is 24.0 Å². The minimum Gasteiger partial charge on any atom is -0.356 e. The second-order valence-corrected chi connectivity index (χ2v) is 7.28. The molecule has 0 aromatic carbocycles. The summed E-state index contributed by atoms with van der Waals surface area (Å²) in [5.74, 6) is 1.73. The van der Waals surface area contributed by atoms with Gasteiger partial charge in [-0.15, -0.1) is 24.0 Å². The number of guanidine groups is 1. The lowest BCUT2D eigenvalue weighted by Gasteiger charge is -2.40. The molecule has 0 spiro atoms. The topological polar surface area (TPSA) is 30.9 Å². The van der Waals surface area contributed by atoms with E-state index >= 15 is 0 Å². The molecule has 0 radical (unpaired) electrons. The minimum absolute atomic E-state index is 0. The Hall–Kier alpha value is -0.250. The number of nitrogens with zero attached hydrogens (tertiary/aromatic N) is 3. The van der Waals surface area contributed by atoms with Crippen molar-refractivity contribution in [1.82, 2.24) is 15.1 Å². The van der Waals surface area contributed by atoms with Gasteiger partial charge >= 0.3 is 6.18 Å². The molecule has 2 saturated carbocycles. The Morgan fingerprint density at radius 3 is 2.21 bits per heavy atom. The summed E-state index contributed by atoms with van der Waals surface area (Å²) >= 11 is 0. The van der Waals surface area contributed by atoms with Crippen LogP contribution in [0.5, 0.6) is 0 Å². The SMILES string of the molecule is CN=C(NCC1(C2CC2)CC1)N1CCN(C(C)C(F)(F)F)CC1.I. The zero-order chi connectivity index (χ0) is 16.7. The number of hydrogen-bond donors (Lipinski definition) is 1. The largest absolute Gasteiger partial charge is 0.403 e. The van der Waals surface area contributed by atoms with Gasteiger partial charge in [0.1, 0.15) is 6.04 Å². The standard InChI is InChI=1S/C16H27F3N4.HI/c1-12(16(17,18)19)22-7-9-23(10-8-22)14(20-2)21-11-15(5-6-15)13-3-4-13;/h12-13H,3-11H2,1-2H3,(H,20,21);1H. The second-order valence-electron chi connectivity index (χ2n) is 7.28. The lowest BCUT2D eigenvalue weighted by atomic mass is 10.0. The van der Waals surface area contributed by atoms with Crippen molar-refractivity contribution < 1.29 is 13.2 Å². The van der Waals surface area contributed by atoms with Gasteiger partial charge in [-0.25, -0.2) is 0 Å². The molecule has 1 N–H and O–H groups in total. The highest BCUT2D eigenvalue weighted by molar-refractivity contribution is 14.0. The number of alkyl halides is 3. The highest BCUT2D eigenvalue weighted by Crippen LogP contribution is 2.60. The summed E-state index contributed by atoms with van der Waals surface area (Å²) in [6, 6.07) is -1.37. The third kappa shape index (κ3) is 4.47. The molecule has 1 unspecified atom stereocenters. The van der Waals surface area contributed by atoms with Crippen LogP contribution in [-0.2, 0) is 0 Å². The molecule has 0 aromatic rings. The molecule has 1 heterocycles. The van der Waals surface area contributed by atoms with E-state index in [4.69, 9.17) is 0 Å². The van der Waals surface area contributed by atoms with Crippen molar-refractivity contribution in [2.75, 3.05) is 39.8 Å². The second kappa shape index (κ2) is 7.55. The van der Waals surface area contributed by atoms with Gasteiger partial charge in [-0.05, 0) is 43.9 Å². The van der Waals surface area contributed by atoms with Crippen LogP contribution < -0.4 is 5.32 Å². The first-order chi connectivity index (χ1) is 10.9. The molecule has 8 heteroatoms. The summed E-state index contributed by atoms with van der Waals surface area (Å²) in [5, 5.41) is 3.47. The van der Waals surface area contributed by atoms with Crippen LogP contribution in [0.3, 0.4) is 0 Å². The maximum absolute atomic E-state index is 12.8. The van der Waals surface area contributed by atoms with E-state index < -0.39 is 12.2 Å². The van der Waals surface area contributed by atoms with Gasteiger partial charge in [0, 0.05) is 39.8 Å². The summed E-state index contributed by atoms with van der Waals surface area (Å²) in [6.45, 7) is 4.25. The molecule has 3 fully saturated rings. The van der Waals surface area contributed by atoms with Crippen LogP contribution in [-0.4, -0.2) is 67.7 Å². The maximum Gasteiger partial charge on any atom is 0.403 e. The molecule has 1 saturated heterocycles. The van der Waals surface area contributed by atoms with Gasteiger partial charge in [-0.3, -0.25) is 9.89 Å². The van der Waals surface area contributed by atoms with E-state index in [0.29, 0.717) is 31.6 Å². The fourth-order valence-corrected chi connectivity index (χ4v) is 3.70. The average molecular weight is 460 g/mol. The Bertz CT molecular complexity index is 453. The molecule has 24 heavy (non-hydrogen) atoms. The Balaban J connectivity index is 0.00000208. The molecule has 0 aromatic heterocycles. The number of aliphatic imine (C=N–C) groups is 1. The molecule has 0 amide bonds. The predicted octanol–water partition coefficient (Wildman–Crippen LogP) is 2.94. The van der Waals surface area contributed by atoms with Crippen molar-refractivity contribution in [2.45, 2.75) is 44.8 Å². The lowest BCUT2D eigenvalue weighted by Crippen LogP contribution is -2.57. The van der Waals surface area contributed by atoms with Crippen molar-refractivity contribution >= 4 is 29.9 Å². The molecular formula is C16H28F3IN4. The summed E-state index contributed by atoms with van der Waals surface area (Å²) in [7, 11) is 1.75. The van der Waals surface area contributed by atoms with Crippen molar-refractivity contribution in [3.05, 3.63) is 0 Å².